The zero-order chi connectivity index (χ0) is 15.1. The number of rotatable bonds is 7. The fourth-order valence-electron chi connectivity index (χ4n) is 1.65. The number of thioether (sulfide) groups is 1. The lowest BCUT2D eigenvalue weighted by molar-refractivity contribution is -0.137. The maximum absolute atomic E-state index is 12.4. The van der Waals surface area contributed by atoms with Gasteiger partial charge in [-0.15, -0.1) is 11.8 Å². The lowest BCUT2D eigenvalue weighted by Crippen LogP contribution is -2.19. The molecule has 0 atom stereocenters. The van der Waals surface area contributed by atoms with E-state index in [0.29, 0.717) is 5.03 Å². The van der Waals surface area contributed by atoms with E-state index in [4.69, 9.17) is 0 Å². The monoisotopic (exact) mass is 332 g/mol. The van der Waals surface area contributed by atoms with Gasteiger partial charge in [-0.3, -0.25) is 0 Å². The fraction of sp³-hybridized carbons (Fsp3) is 0.357. The molecule has 0 aliphatic rings. The molecule has 21 heavy (non-hydrogen) atoms. The average Bonchev–Trinajstić information content (AvgIpc) is 2.95. The van der Waals surface area contributed by atoms with Crippen LogP contribution in [-0.4, -0.2) is 23.8 Å². The molecule has 2 aromatic heterocycles. The quantitative estimate of drug-likeness (QED) is 0.611. The van der Waals surface area contributed by atoms with E-state index in [1.165, 1.54) is 23.4 Å². The molecule has 0 radical (unpaired) electrons. The highest BCUT2D eigenvalue weighted by molar-refractivity contribution is 7.99. The number of aromatic nitrogens is 1. The van der Waals surface area contributed by atoms with Gasteiger partial charge in [0.2, 0.25) is 0 Å². The van der Waals surface area contributed by atoms with E-state index in [0.717, 1.165) is 37.5 Å². The van der Waals surface area contributed by atoms with E-state index in [1.54, 1.807) is 11.3 Å². The third-order valence-corrected chi connectivity index (χ3v) is 4.44. The van der Waals surface area contributed by atoms with Gasteiger partial charge in [0, 0.05) is 18.5 Å². The van der Waals surface area contributed by atoms with Crippen molar-refractivity contribution in [2.45, 2.75) is 17.6 Å². The molecule has 0 saturated heterocycles. The highest BCUT2D eigenvalue weighted by Crippen LogP contribution is 2.29. The number of thiophene rings is 1. The van der Waals surface area contributed by atoms with Crippen LogP contribution in [0.1, 0.15) is 11.1 Å². The van der Waals surface area contributed by atoms with Crippen LogP contribution in [0.3, 0.4) is 0 Å². The van der Waals surface area contributed by atoms with Crippen molar-refractivity contribution in [3.8, 4) is 0 Å². The molecule has 0 aliphatic heterocycles. The van der Waals surface area contributed by atoms with E-state index >= 15 is 0 Å². The van der Waals surface area contributed by atoms with Gasteiger partial charge in [-0.05, 0) is 47.5 Å². The van der Waals surface area contributed by atoms with Crippen molar-refractivity contribution in [3.63, 3.8) is 0 Å². The molecule has 0 saturated carbocycles. The zero-order valence-corrected chi connectivity index (χ0v) is 12.8. The fourth-order valence-corrected chi connectivity index (χ4v) is 3.10. The lowest BCUT2D eigenvalue weighted by Gasteiger charge is -2.07. The van der Waals surface area contributed by atoms with Gasteiger partial charge >= 0.3 is 6.18 Å². The van der Waals surface area contributed by atoms with Crippen LogP contribution in [0.4, 0.5) is 13.2 Å². The van der Waals surface area contributed by atoms with Crippen molar-refractivity contribution in [2.24, 2.45) is 0 Å². The van der Waals surface area contributed by atoms with Crippen molar-refractivity contribution in [3.05, 3.63) is 46.3 Å². The molecular formula is C14H15F3N2S2. The molecule has 0 bridgehead atoms. The molecule has 0 aromatic carbocycles. The lowest BCUT2D eigenvalue weighted by atomic mass is 10.2. The second kappa shape index (κ2) is 7.82. The Morgan fingerprint density at radius 3 is 2.67 bits per heavy atom. The van der Waals surface area contributed by atoms with Gasteiger partial charge in [0.25, 0.3) is 0 Å². The first-order chi connectivity index (χ1) is 10.1. The summed E-state index contributed by atoms with van der Waals surface area (Å²) in [6.07, 6.45) is -2.45. The number of pyridine rings is 1. The second-order valence-electron chi connectivity index (χ2n) is 4.36. The van der Waals surface area contributed by atoms with Gasteiger partial charge in [0.1, 0.15) is 0 Å². The van der Waals surface area contributed by atoms with Crippen LogP contribution in [0.25, 0.3) is 0 Å². The third kappa shape index (κ3) is 5.68. The van der Waals surface area contributed by atoms with Crippen molar-refractivity contribution in [1.82, 2.24) is 10.3 Å². The molecule has 2 heterocycles. The Kier molecular flexibility index (Phi) is 6.08. The first kappa shape index (κ1) is 16.3. The first-order valence-corrected chi connectivity index (χ1v) is 8.36. The SMILES string of the molecule is FC(F)(F)c1ccc(SCCNCCc2ccsc2)nc1. The van der Waals surface area contributed by atoms with Crippen molar-refractivity contribution in [1.29, 1.82) is 0 Å². The molecule has 2 nitrogen and oxygen atoms in total. The van der Waals surface area contributed by atoms with E-state index in [2.05, 4.69) is 27.1 Å². The highest BCUT2D eigenvalue weighted by Gasteiger charge is 2.30. The minimum atomic E-state index is -4.32. The van der Waals surface area contributed by atoms with Crippen LogP contribution in [0.2, 0.25) is 0 Å². The van der Waals surface area contributed by atoms with Crippen LogP contribution >= 0.6 is 23.1 Å². The topological polar surface area (TPSA) is 24.9 Å². The van der Waals surface area contributed by atoms with E-state index < -0.39 is 11.7 Å². The summed E-state index contributed by atoms with van der Waals surface area (Å²) in [5, 5.41) is 8.10. The molecule has 1 N–H and O–H groups in total. The summed E-state index contributed by atoms with van der Waals surface area (Å²) in [5.41, 5.74) is 0.616. The van der Waals surface area contributed by atoms with Gasteiger partial charge in [-0.1, -0.05) is 0 Å². The second-order valence-corrected chi connectivity index (χ2v) is 6.26. The predicted octanol–water partition coefficient (Wildman–Crippen LogP) is 4.09. The molecule has 0 spiro atoms. The van der Waals surface area contributed by atoms with Crippen molar-refractivity contribution < 1.29 is 13.2 Å². The highest BCUT2D eigenvalue weighted by atomic mass is 32.2. The largest absolute Gasteiger partial charge is 0.417 e. The zero-order valence-electron chi connectivity index (χ0n) is 11.2. The molecule has 0 unspecified atom stereocenters. The Hall–Kier alpha value is -1.05. The summed E-state index contributed by atoms with van der Waals surface area (Å²) in [6, 6.07) is 4.59. The van der Waals surface area contributed by atoms with E-state index in [1.807, 2.05) is 0 Å². The number of hydrogen-bond donors (Lipinski definition) is 1. The Morgan fingerprint density at radius 2 is 2.05 bits per heavy atom. The number of halogens is 3. The van der Waals surface area contributed by atoms with Gasteiger partial charge in [0.15, 0.2) is 0 Å². The molecule has 0 fully saturated rings. The molecular weight excluding hydrogens is 317 g/mol. The molecule has 2 aromatic rings. The van der Waals surface area contributed by atoms with E-state index in [-0.39, 0.29) is 0 Å². The van der Waals surface area contributed by atoms with Gasteiger partial charge in [0.05, 0.1) is 10.6 Å². The van der Waals surface area contributed by atoms with Crippen LogP contribution in [0.15, 0.2) is 40.2 Å². The molecule has 2 rings (SSSR count). The standard InChI is InChI=1S/C14H15F3N2S2/c15-14(16,17)12-1-2-13(19-9-12)21-8-6-18-5-3-11-4-7-20-10-11/h1-2,4,7,9-10,18H,3,5-6,8H2. The Morgan fingerprint density at radius 1 is 1.19 bits per heavy atom. The summed E-state index contributed by atoms with van der Waals surface area (Å²) in [7, 11) is 0. The normalized spacial score (nSPS) is 11.8. The summed E-state index contributed by atoms with van der Waals surface area (Å²) < 4.78 is 37.1. The minimum Gasteiger partial charge on any atom is -0.316 e. The van der Waals surface area contributed by atoms with Crippen molar-refractivity contribution in [2.75, 3.05) is 18.8 Å². The first-order valence-electron chi connectivity index (χ1n) is 6.43. The molecule has 7 heteroatoms. The van der Waals surface area contributed by atoms with Crippen LogP contribution in [-0.2, 0) is 12.6 Å². The Labute approximate surface area is 129 Å². The summed E-state index contributed by atoms with van der Waals surface area (Å²) >= 11 is 3.14. The number of hydrogen-bond acceptors (Lipinski definition) is 4. The predicted molar refractivity (Wildman–Crippen MR) is 80.9 cm³/mol. The minimum absolute atomic E-state index is 0.614. The summed E-state index contributed by atoms with van der Waals surface area (Å²) in [4.78, 5) is 3.82. The molecule has 114 valence electrons. The summed E-state index contributed by atoms with van der Waals surface area (Å²) in [6.45, 7) is 1.70. The third-order valence-electron chi connectivity index (χ3n) is 2.76. The van der Waals surface area contributed by atoms with Gasteiger partial charge in [-0.2, -0.15) is 24.5 Å². The maximum atomic E-state index is 12.4. The number of nitrogens with zero attached hydrogens (tertiary/aromatic N) is 1. The van der Waals surface area contributed by atoms with E-state index in [9.17, 15) is 13.2 Å². The van der Waals surface area contributed by atoms with Gasteiger partial charge < -0.3 is 5.32 Å². The van der Waals surface area contributed by atoms with Crippen LogP contribution in [0, 0.1) is 0 Å². The van der Waals surface area contributed by atoms with Crippen LogP contribution < -0.4 is 5.32 Å². The molecule has 0 aliphatic carbocycles. The average molecular weight is 332 g/mol. The Balaban J connectivity index is 1.62. The number of nitrogens with one attached hydrogen (secondary N) is 1. The maximum Gasteiger partial charge on any atom is 0.417 e. The van der Waals surface area contributed by atoms with Crippen LogP contribution in [0.5, 0.6) is 0 Å². The smallest absolute Gasteiger partial charge is 0.316 e. The Bertz CT molecular complexity index is 524. The van der Waals surface area contributed by atoms with Gasteiger partial charge in [-0.25, -0.2) is 4.98 Å². The summed E-state index contributed by atoms with van der Waals surface area (Å²) in [5.74, 6) is 0.780. The molecule has 0 amide bonds. The number of alkyl halides is 3. The van der Waals surface area contributed by atoms with Crippen molar-refractivity contribution >= 4 is 23.1 Å².